The Hall–Kier alpha value is -1.69. The minimum absolute atomic E-state index is 0. The van der Waals surface area contributed by atoms with Gasteiger partial charge in [0.2, 0.25) is 0 Å². The fourth-order valence-electron chi connectivity index (χ4n) is 3.54. The third kappa shape index (κ3) is 6.14. The van der Waals surface area contributed by atoms with Crippen LogP contribution < -0.4 is 10.6 Å². The van der Waals surface area contributed by atoms with Crippen molar-refractivity contribution < 1.29 is 9.26 Å². The Kier molecular flexibility index (Phi) is 9.34. The first-order valence-electron chi connectivity index (χ1n) is 10.0. The van der Waals surface area contributed by atoms with Crippen LogP contribution in [0.2, 0.25) is 0 Å². The molecule has 3 rings (SSSR count). The number of fused-ring (bicyclic) bond motifs is 1. The molecule has 29 heavy (non-hydrogen) atoms. The van der Waals surface area contributed by atoms with E-state index in [1.165, 1.54) is 0 Å². The van der Waals surface area contributed by atoms with Crippen molar-refractivity contribution in [1.29, 1.82) is 0 Å². The van der Waals surface area contributed by atoms with E-state index in [0.717, 1.165) is 61.3 Å². The van der Waals surface area contributed by atoms with Crippen LogP contribution in [0, 0.1) is 0 Å². The molecule has 0 spiro atoms. The van der Waals surface area contributed by atoms with Crippen LogP contribution in [0.15, 0.2) is 15.6 Å². The Balaban J connectivity index is 0.00000300. The molecule has 1 unspecified atom stereocenters. The molecule has 0 fully saturated rings. The SMILES string of the molecule is CCC(CC)c1cc(CNC(=NC)NC2CCc3nc(COC)nn3C2)on1.I. The highest BCUT2D eigenvalue weighted by atomic mass is 127. The maximum Gasteiger partial charge on any atom is 0.191 e. The number of aliphatic imine (C=N–C) groups is 1. The first kappa shape index (κ1) is 23.6. The highest BCUT2D eigenvalue weighted by Crippen LogP contribution is 2.22. The van der Waals surface area contributed by atoms with Gasteiger partial charge in [-0.15, -0.1) is 24.0 Å². The summed E-state index contributed by atoms with van der Waals surface area (Å²) in [4.78, 5) is 8.84. The number of rotatable bonds is 8. The molecule has 0 bridgehead atoms. The van der Waals surface area contributed by atoms with Crippen molar-refractivity contribution in [3.8, 4) is 0 Å². The van der Waals surface area contributed by atoms with Gasteiger partial charge in [0, 0.05) is 38.6 Å². The van der Waals surface area contributed by atoms with Crippen molar-refractivity contribution in [2.45, 2.75) is 71.2 Å². The zero-order chi connectivity index (χ0) is 19.9. The lowest BCUT2D eigenvalue weighted by atomic mass is 9.99. The molecule has 9 nitrogen and oxygen atoms in total. The van der Waals surface area contributed by atoms with Crippen LogP contribution in [0.4, 0.5) is 0 Å². The van der Waals surface area contributed by atoms with Gasteiger partial charge in [0.15, 0.2) is 17.5 Å². The van der Waals surface area contributed by atoms with E-state index in [1.54, 1.807) is 14.2 Å². The maximum atomic E-state index is 5.48. The summed E-state index contributed by atoms with van der Waals surface area (Å²) < 4.78 is 12.6. The summed E-state index contributed by atoms with van der Waals surface area (Å²) in [6, 6.07) is 2.28. The molecule has 0 aliphatic carbocycles. The van der Waals surface area contributed by atoms with Gasteiger partial charge < -0.3 is 19.9 Å². The largest absolute Gasteiger partial charge is 0.377 e. The van der Waals surface area contributed by atoms with E-state index < -0.39 is 0 Å². The number of ether oxygens (including phenoxy) is 1. The number of aryl methyl sites for hydroxylation is 1. The Morgan fingerprint density at radius 2 is 2.21 bits per heavy atom. The average Bonchev–Trinajstić information content (AvgIpc) is 3.32. The Labute approximate surface area is 189 Å². The second-order valence-corrected chi connectivity index (χ2v) is 7.10. The standard InChI is InChI=1S/C19H31N7O2.HI/c1-5-13(6-2)16-9-15(28-25-16)10-21-19(20-3)22-14-7-8-18-23-17(12-27-4)24-26(18)11-14;/h9,13-14H,5-8,10-12H2,1-4H3,(H2,20,21,22);1H. The quantitative estimate of drug-likeness (QED) is 0.315. The second kappa shape index (κ2) is 11.5. The Morgan fingerprint density at radius 1 is 1.41 bits per heavy atom. The van der Waals surface area contributed by atoms with Gasteiger partial charge in [0.25, 0.3) is 0 Å². The van der Waals surface area contributed by atoms with E-state index in [9.17, 15) is 0 Å². The van der Waals surface area contributed by atoms with Gasteiger partial charge in [0.1, 0.15) is 12.4 Å². The minimum atomic E-state index is 0. The first-order chi connectivity index (χ1) is 13.7. The number of methoxy groups -OCH3 is 1. The fraction of sp³-hybridized carbons (Fsp3) is 0.684. The highest BCUT2D eigenvalue weighted by Gasteiger charge is 2.22. The van der Waals surface area contributed by atoms with E-state index in [2.05, 4.69) is 44.7 Å². The van der Waals surface area contributed by atoms with Crippen LogP contribution in [0.1, 0.15) is 62.1 Å². The molecular weight excluding hydrogens is 485 g/mol. The monoisotopic (exact) mass is 517 g/mol. The molecular formula is C19H32IN7O2. The summed E-state index contributed by atoms with van der Waals surface area (Å²) >= 11 is 0. The van der Waals surface area contributed by atoms with Crippen molar-refractivity contribution in [2.24, 2.45) is 4.99 Å². The number of hydrogen-bond acceptors (Lipinski definition) is 6. The predicted molar refractivity (Wildman–Crippen MR) is 121 cm³/mol. The Bertz CT molecular complexity index is 785. The normalized spacial score (nSPS) is 16.4. The topological polar surface area (TPSA) is 102 Å². The molecule has 1 aliphatic rings. The zero-order valence-corrected chi connectivity index (χ0v) is 20.0. The van der Waals surface area contributed by atoms with Gasteiger partial charge in [-0.25, -0.2) is 9.67 Å². The van der Waals surface area contributed by atoms with Gasteiger partial charge in [-0.1, -0.05) is 19.0 Å². The van der Waals surface area contributed by atoms with E-state index in [1.807, 2.05) is 10.7 Å². The molecule has 0 saturated heterocycles. The molecule has 0 radical (unpaired) electrons. The van der Waals surface area contributed by atoms with E-state index in [0.29, 0.717) is 19.1 Å². The van der Waals surface area contributed by atoms with Crippen LogP contribution in [-0.2, 0) is 30.9 Å². The Morgan fingerprint density at radius 3 is 2.90 bits per heavy atom. The lowest BCUT2D eigenvalue weighted by Crippen LogP contribution is -2.46. The molecule has 1 aliphatic heterocycles. The molecule has 162 valence electrons. The van der Waals surface area contributed by atoms with Crippen LogP contribution in [0.3, 0.4) is 0 Å². The number of guanidine groups is 1. The molecule has 1 atom stereocenters. The maximum absolute atomic E-state index is 5.48. The third-order valence-corrected chi connectivity index (χ3v) is 5.15. The number of halogens is 1. The van der Waals surface area contributed by atoms with Crippen molar-refractivity contribution in [1.82, 2.24) is 30.6 Å². The fourth-order valence-corrected chi connectivity index (χ4v) is 3.54. The smallest absolute Gasteiger partial charge is 0.191 e. The van der Waals surface area contributed by atoms with Crippen LogP contribution in [0.5, 0.6) is 0 Å². The number of hydrogen-bond donors (Lipinski definition) is 2. The number of nitrogens with zero attached hydrogens (tertiary/aromatic N) is 5. The lowest BCUT2D eigenvalue weighted by molar-refractivity contribution is 0.177. The van der Waals surface area contributed by atoms with Crippen LogP contribution in [-0.4, -0.2) is 46.1 Å². The van der Waals surface area contributed by atoms with Gasteiger partial charge in [-0.05, 0) is 19.3 Å². The molecule has 3 heterocycles. The summed E-state index contributed by atoms with van der Waals surface area (Å²) in [5.74, 6) is 3.77. The van der Waals surface area contributed by atoms with E-state index in [-0.39, 0.29) is 30.0 Å². The summed E-state index contributed by atoms with van der Waals surface area (Å²) in [7, 11) is 3.42. The summed E-state index contributed by atoms with van der Waals surface area (Å²) in [5.41, 5.74) is 1.03. The van der Waals surface area contributed by atoms with Crippen molar-refractivity contribution >= 4 is 29.9 Å². The van der Waals surface area contributed by atoms with Crippen molar-refractivity contribution in [2.75, 3.05) is 14.2 Å². The zero-order valence-electron chi connectivity index (χ0n) is 17.6. The van der Waals surface area contributed by atoms with Gasteiger partial charge >= 0.3 is 0 Å². The van der Waals surface area contributed by atoms with Gasteiger partial charge in [-0.3, -0.25) is 4.99 Å². The summed E-state index contributed by atoms with van der Waals surface area (Å²) in [6.45, 7) is 6.10. The number of nitrogens with one attached hydrogen (secondary N) is 2. The van der Waals surface area contributed by atoms with Crippen LogP contribution in [0.25, 0.3) is 0 Å². The van der Waals surface area contributed by atoms with Crippen LogP contribution >= 0.6 is 24.0 Å². The third-order valence-electron chi connectivity index (χ3n) is 5.15. The highest BCUT2D eigenvalue weighted by molar-refractivity contribution is 14.0. The molecule has 10 heteroatoms. The van der Waals surface area contributed by atoms with Crippen molar-refractivity contribution in [3.63, 3.8) is 0 Å². The molecule has 0 saturated carbocycles. The molecule has 2 aromatic rings. The second-order valence-electron chi connectivity index (χ2n) is 7.10. The summed E-state index contributed by atoms with van der Waals surface area (Å²) in [6.07, 6.45) is 3.99. The summed E-state index contributed by atoms with van der Waals surface area (Å²) in [5, 5.41) is 15.5. The first-order valence-corrected chi connectivity index (χ1v) is 10.0. The molecule has 2 aromatic heterocycles. The van der Waals surface area contributed by atoms with Gasteiger partial charge in [-0.2, -0.15) is 5.10 Å². The minimum Gasteiger partial charge on any atom is -0.377 e. The van der Waals surface area contributed by atoms with E-state index >= 15 is 0 Å². The molecule has 0 aromatic carbocycles. The average molecular weight is 517 g/mol. The predicted octanol–water partition coefficient (Wildman–Crippen LogP) is 2.61. The molecule has 2 N–H and O–H groups in total. The van der Waals surface area contributed by atoms with Gasteiger partial charge in [0.05, 0.1) is 18.8 Å². The number of aromatic nitrogens is 4. The van der Waals surface area contributed by atoms with Crippen molar-refractivity contribution in [3.05, 3.63) is 29.2 Å². The van der Waals surface area contributed by atoms with E-state index in [4.69, 9.17) is 9.26 Å². The molecule has 0 amide bonds. The lowest BCUT2D eigenvalue weighted by Gasteiger charge is -2.25.